The molecule has 0 atom stereocenters. The van der Waals surface area contributed by atoms with E-state index in [2.05, 4.69) is 15.4 Å². The van der Waals surface area contributed by atoms with E-state index in [0.717, 1.165) is 5.56 Å². The lowest BCUT2D eigenvalue weighted by Crippen LogP contribution is -2.28. The molecule has 1 aromatic carbocycles. The lowest BCUT2D eigenvalue weighted by Gasteiger charge is -2.09. The van der Waals surface area contributed by atoms with Gasteiger partial charge in [-0.15, -0.1) is 0 Å². The number of ether oxygens (including phenoxy) is 1. The fourth-order valence-electron chi connectivity index (χ4n) is 2.29. The Morgan fingerprint density at radius 2 is 1.92 bits per heavy atom. The maximum absolute atomic E-state index is 12.4. The van der Waals surface area contributed by atoms with Crippen LogP contribution in [0.15, 0.2) is 65.6 Å². The summed E-state index contributed by atoms with van der Waals surface area (Å²) in [6.07, 6.45) is 1.61. The highest BCUT2D eigenvalue weighted by atomic mass is 16.5. The highest BCUT2D eigenvalue weighted by molar-refractivity contribution is 5.92. The summed E-state index contributed by atoms with van der Waals surface area (Å²) in [6, 6.07) is 15.2. The summed E-state index contributed by atoms with van der Waals surface area (Å²) in [5, 5.41) is 6.89. The smallest absolute Gasteiger partial charge is 0.272 e. The minimum absolute atomic E-state index is 0.145. The van der Waals surface area contributed by atoms with Gasteiger partial charge in [-0.3, -0.25) is 9.59 Å². The maximum Gasteiger partial charge on any atom is 0.272 e. The third-order valence-electron chi connectivity index (χ3n) is 3.52. The van der Waals surface area contributed by atoms with Gasteiger partial charge < -0.3 is 10.1 Å². The van der Waals surface area contributed by atoms with Crippen LogP contribution in [0.2, 0.25) is 0 Å². The van der Waals surface area contributed by atoms with Gasteiger partial charge >= 0.3 is 0 Å². The highest BCUT2D eigenvalue weighted by Crippen LogP contribution is 2.13. The third-order valence-corrected chi connectivity index (χ3v) is 3.52. The quantitative estimate of drug-likeness (QED) is 0.764. The van der Waals surface area contributed by atoms with E-state index in [-0.39, 0.29) is 17.8 Å². The normalized spacial score (nSPS) is 10.3. The standard InChI is InChI=1S/C18H16N4O3/c1-25-18-13(6-5-11-19-18)12-20-17(24)15-9-10-16(23)22(21-15)14-7-3-2-4-8-14/h2-11H,12H2,1H3,(H,20,24). The van der Waals surface area contributed by atoms with Crippen molar-refractivity contribution < 1.29 is 9.53 Å². The molecule has 0 fully saturated rings. The van der Waals surface area contributed by atoms with Gasteiger partial charge in [0.2, 0.25) is 5.88 Å². The number of nitrogens with zero attached hydrogens (tertiary/aromatic N) is 3. The molecule has 0 bridgehead atoms. The summed E-state index contributed by atoms with van der Waals surface area (Å²) in [6.45, 7) is 0.238. The number of aromatic nitrogens is 3. The molecule has 0 aliphatic rings. The van der Waals surface area contributed by atoms with Crippen molar-refractivity contribution in [3.8, 4) is 11.6 Å². The lowest BCUT2D eigenvalue weighted by molar-refractivity contribution is 0.0944. The first-order valence-corrected chi connectivity index (χ1v) is 7.61. The van der Waals surface area contributed by atoms with Crippen LogP contribution in [-0.2, 0) is 6.54 Å². The van der Waals surface area contributed by atoms with Crippen molar-refractivity contribution >= 4 is 5.91 Å². The minimum atomic E-state index is -0.393. The first-order valence-electron chi connectivity index (χ1n) is 7.61. The molecule has 0 unspecified atom stereocenters. The van der Waals surface area contributed by atoms with Crippen LogP contribution in [0.4, 0.5) is 0 Å². The van der Waals surface area contributed by atoms with E-state index in [1.54, 1.807) is 36.5 Å². The molecule has 2 heterocycles. The van der Waals surface area contributed by atoms with Crippen molar-refractivity contribution in [2.75, 3.05) is 7.11 Å². The van der Waals surface area contributed by atoms with Gasteiger partial charge in [-0.25, -0.2) is 4.98 Å². The number of hydrogen-bond acceptors (Lipinski definition) is 5. The maximum atomic E-state index is 12.4. The predicted octanol–water partition coefficient (Wildman–Crippen LogP) is 1.57. The third kappa shape index (κ3) is 3.72. The molecule has 0 aliphatic carbocycles. The van der Waals surface area contributed by atoms with Crippen LogP contribution >= 0.6 is 0 Å². The van der Waals surface area contributed by atoms with Crippen LogP contribution in [0, 0.1) is 0 Å². The molecule has 0 saturated heterocycles. The summed E-state index contributed by atoms with van der Waals surface area (Å²) in [7, 11) is 1.52. The summed E-state index contributed by atoms with van der Waals surface area (Å²) in [4.78, 5) is 28.4. The van der Waals surface area contributed by atoms with E-state index in [1.807, 2.05) is 12.1 Å². The summed E-state index contributed by atoms with van der Waals surface area (Å²) < 4.78 is 6.35. The van der Waals surface area contributed by atoms with Gasteiger partial charge in [0.25, 0.3) is 11.5 Å². The molecule has 1 N–H and O–H groups in total. The van der Waals surface area contributed by atoms with E-state index in [0.29, 0.717) is 11.6 Å². The van der Waals surface area contributed by atoms with Crippen molar-refractivity contribution in [3.63, 3.8) is 0 Å². The number of methoxy groups -OCH3 is 1. The van der Waals surface area contributed by atoms with Gasteiger partial charge in [-0.05, 0) is 24.3 Å². The second-order valence-corrected chi connectivity index (χ2v) is 5.16. The lowest BCUT2D eigenvalue weighted by atomic mass is 10.2. The number of rotatable bonds is 5. The van der Waals surface area contributed by atoms with Crippen molar-refractivity contribution in [2.45, 2.75) is 6.54 Å². The minimum Gasteiger partial charge on any atom is -0.481 e. The second-order valence-electron chi connectivity index (χ2n) is 5.16. The number of nitrogens with one attached hydrogen (secondary N) is 1. The van der Waals surface area contributed by atoms with Crippen LogP contribution in [0.25, 0.3) is 5.69 Å². The second kappa shape index (κ2) is 7.39. The fraction of sp³-hybridized carbons (Fsp3) is 0.111. The van der Waals surface area contributed by atoms with E-state index >= 15 is 0 Å². The molecule has 25 heavy (non-hydrogen) atoms. The number of carbonyl (C=O) groups excluding carboxylic acids is 1. The van der Waals surface area contributed by atoms with Crippen LogP contribution in [0.5, 0.6) is 5.88 Å². The van der Waals surface area contributed by atoms with Gasteiger partial charge in [-0.1, -0.05) is 24.3 Å². The molecule has 0 spiro atoms. The average molecular weight is 336 g/mol. The highest BCUT2D eigenvalue weighted by Gasteiger charge is 2.12. The Morgan fingerprint density at radius 3 is 2.68 bits per heavy atom. The Balaban J connectivity index is 1.80. The molecule has 0 saturated carbocycles. The largest absolute Gasteiger partial charge is 0.481 e. The summed E-state index contributed by atoms with van der Waals surface area (Å²) in [5.41, 5.74) is 1.17. The van der Waals surface area contributed by atoms with Crippen molar-refractivity contribution in [1.29, 1.82) is 0 Å². The molecular weight excluding hydrogens is 320 g/mol. The van der Waals surface area contributed by atoms with Gasteiger partial charge in [-0.2, -0.15) is 9.78 Å². The summed E-state index contributed by atoms with van der Waals surface area (Å²) >= 11 is 0. The molecule has 7 nitrogen and oxygen atoms in total. The van der Waals surface area contributed by atoms with Gasteiger partial charge in [0.15, 0.2) is 0 Å². The zero-order chi connectivity index (χ0) is 17.6. The van der Waals surface area contributed by atoms with Crippen LogP contribution < -0.4 is 15.6 Å². The van der Waals surface area contributed by atoms with E-state index in [1.165, 1.54) is 23.9 Å². The topological polar surface area (TPSA) is 86.1 Å². The van der Waals surface area contributed by atoms with Gasteiger partial charge in [0.05, 0.1) is 12.8 Å². The van der Waals surface area contributed by atoms with Crippen LogP contribution in [-0.4, -0.2) is 27.8 Å². The fourth-order valence-corrected chi connectivity index (χ4v) is 2.29. The van der Waals surface area contributed by atoms with Gasteiger partial charge in [0.1, 0.15) is 5.69 Å². The number of hydrogen-bond donors (Lipinski definition) is 1. The molecule has 2 aromatic heterocycles. The molecule has 0 aliphatic heterocycles. The number of carbonyl (C=O) groups is 1. The SMILES string of the molecule is COc1ncccc1CNC(=O)c1ccc(=O)n(-c2ccccc2)n1. The van der Waals surface area contributed by atoms with Crippen molar-refractivity contribution in [2.24, 2.45) is 0 Å². The number of benzene rings is 1. The van der Waals surface area contributed by atoms with Crippen molar-refractivity contribution in [1.82, 2.24) is 20.1 Å². The Kier molecular flexibility index (Phi) is 4.84. The first kappa shape index (κ1) is 16.4. The zero-order valence-corrected chi connectivity index (χ0v) is 13.5. The van der Waals surface area contributed by atoms with Crippen LogP contribution in [0.1, 0.15) is 16.1 Å². The Morgan fingerprint density at radius 1 is 1.12 bits per heavy atom. The zero-order valence-electron chi connectivity index (χ0n) is 13.5. The van der Waals surface area contributed by atoms with Gasteiger partial charge in [0, 0.05) is 24.4 Å². The van der Waals surface area contributed by atoms with E-state index in [4.69, 9.17) is 4.74 Å². The Hall–Kier alpha value is -3.48. The van der Waals surface area contributed by atoms with E-state index in [9.17, 15) is 9.59 Å². The molecule has 1 amide bonds. The Bertz CT molecular complexity index is 938. The molecule has 3 rings (SSSR count). The predicted molar refractivity (Wildman–Crippen MR) is 91.8 cm³/mol. The first-order chi connectivity index (χ1) is 12.2. The molecule has 7 heteroatoms. The molecule has 126 valence electrons. The summed E-state index contributed by atoms with van der Waals surface area (Å²) in [5.74, 6) is 0.0561. The number of pyridine rings is 1. The molecular formula is C18H16N4O3. The van der Waals surface area contributed by atoms with Crippen LogP contribution in [0.3, 0.4) is 0 Å². The van der Waals surface area contributed by atoms with Crippen molar-refractivity contribution in [3.05, 3.63) is 82.4 Å². The Labute approximate surface area is 143 Å². The molecule has 3 aromatic rings. The monoisotopic (exact) mass is 336 g/mol. The molecule has 0 radical (unpaired) electrons. The average Bonchev–Trinajstić information content (AvgIpc) is 2.67. The number of para-hydroxylation sites is 1. The number of amides is 1. The van der Waals surface area contributed by atoms with E-state index < -0.39 is 5.91 Å².